The van der Waals surface area contributed by atoms with Crippen LogP contribution in [0.2, 0.25) is 0 Å². The Labute approximate surface area is 144 Å². The molecule has 0 saturated carbocycles. The molecule has 1 aliphatic carbocycles. The third-order valence-electron chi connectivity index (χ3n) is 4.58. The minimum atomic E-state index is 0.673. The second kappa shape index (κ2) is 7.83. The van der Waals surface area contributed by atoms with Crippen molar-refractivity contribution in [3.05, 3.63) is 53.2 Å². The Bertz CT molecular complexity index is 718. The largest absolute Gasteiger partial charge is 0.375 e. The van der Waals surface area contributed by atoms with Crippen molar-refractivity contribution in [2.24, 2.45) is 0 Å². The summed E-state index contributed by atoms with van der Waals surface area (Å²) in [4.78, 5) is 6.95. The number of nitriles is 1. The number of nitrogens with one attached hydrogen (secondary N) is 1. The van der Waals surface area contributed by atoms with Crippen molar-refractivity contribution < 1.29 is 0 Å². The van der Waals surface area contributed by atoms with Crippen molar-refractivity contribution in [1.82, 2.24) is 4.98 Å². The van der Waals surface area contributed by atoms with Gasteiger partial charge in [-0.2, -0.15) is 5.26 Å². The summed E-state index contributed by atoms with van der Waals surface area (Å²) in [5.74, 6) is 0.750. The highest BCUT2D eigenvalue weighted by molar-refractivity contribution is 5.54. The van der Waals surface area contributed by atoms with Gasteiger partial charge in [0.05, 0.1) is 5.56 Å². The Morgan fingerprint density at radius 1 is 1.21 bits per heavy atom. The van der Waals surface area contributed by atoms with Gasteiger partial charge in [-0.25, -0.2) is 4.98 Å². The number of anilines is 2. The maximum Gasteiger partial charge on any atom is 0.144 e. The molecule has 0 fully saturated rings. The van der Waals surface area contributed by atoms with E-state index in [0.29, 0.717) is 5.56 Å². The van der Waals surface area contributed by atoms with E-state index in [1.165, 1.54) is 29.8 Å². The topological polar surface area (TPSA) is 52.0 Å². The molecule has 0 atom stereocenters. The first-order chi connectivity index (χ1) is 11.8. The Hall–Kier alpha value is -2.54. The highest BCUT2D eigenvalue weighted by Gasteiger charge is 2.14. The quantitative estimate of drug-likeness (QED) is 0.823. The van der Waals surface area contributed by atoms with Gasteiger partial charge in [-0.1, -0.05) is 18.2 Å². The number of nitrogens with zero attached hydrogens (tertiary/aromatic N) is 3. The maximum absolute atomic E-state index is 9.38. The van der Waals surface area contributed by atoms with Gasteiger partial charge in [0.2, 0.25) is 0 Å². The fourth-order valence-electron chi connectivity index (χ4n) is 3.19. The first kappa shape index (κ1) is 16.3. The number of fused-ring (bicyclic) bond motifs is 1. The van der Waals surface area contributed by atoms with Gasteiger partial charge in [0.1, 0.15) is 11.9 Å². The molecule has 0 unspecified atom stereocenters. The van der Waals surface area contributed by atoms with Gasteiger partial charge < -0.3 is 10.2 Å². The molecule has 1 aromatic carbocycles. The van der Waals surface area contributed by atoms with E-state index in [0.717, 1.165) is 38.2 Å². The van der Waals surface area contributed by atoms with E-state index in [4.69, 9.17) is 4.98 Å². The number of benzene rings is 1. The van der Waals surface area contributed by atoms with Crippen molar-refractivity contribution in [1.29, 1.82) is 5.26 Å². The van der Waals surface area contributed by atoms with Crippen molar-refractivity contribution in [3.8, 4) is 6.07 Å². The predicted octanol–water partition coefficient (Wildman–Crippen LogP) is 3.77. The minimum Gasteiger partial charge on any atom is -0.375 e. The van der Waals surface area contributed by atoms with E-state index in [2.05, 4.69) is 47.6 Å². The lowest BCUT2D eigenvalue weighted by atomic mass is 9.95. The first-order valence-electron chi connectivity index (χ1n) is 8.71. The lowest BCUT2D eigenvalue weighted by Gasteiger charge is -2.20. The lowest BCUT2D eigenvalue weighted by Crippen LogP contribution is -2.21. The SMILES string of the molecule is CN(CCCNc1nc2c(cc1C#N)CCCC2)c1ccccc1. The van der Waals surface area contributed by atoms with E-state index < -0.39 is 0 Å². The normalized spacial score (nSPS) is 13.0. The molecule has 4 heteroatoms. The molecule has 0 bridgehead atoms. The number of aromatic nitrogens is 1. The molecule has 124 valence electrons. The minimum absolute atomic E-state index is 0.673. The molecule has 1 N–H and O–H groups in total. The molecule has 1 heterocycles. The molecule has 1 aliphatic rings. The molecule has 0 saturated heterocycles. The fourth-order valence-corrected chi connectivity index (χ4v) is 3.19. The zero-order valence-electron chi connectivity index (χ0n) is 14.3. The van der Waals surface area contributed by atoms with E-state index in [1.54, 1.807) is 0 Å². The van der Waals surface area contributed by atoms with Crippen LogP contribution >= 0.6 is 0 Å². The van der Waals surface area contributed by atoms with Crippen molar-refractivity contribution in [2.75, 3.05) is 30.4 Å². The molecule has 2 aromatic rings. The maximum atomic E-state index is 9.38. The van der Waals surface area contributed by atoms with E-state index >= 15 is 0 Å². The van der Waals surface area contributed by atoms with Crippen LogP contribution in [0.15, 0.2) is 36.4 Å². The first-order valence-corrected chi connectivity index (χ1v) is 8.71. The molecule has 0 radical (unpaired) electrons. The lowest BCUT2D eigenvalue weighted by molar-refractivity contribution is 0.667. The Morgan fingerprint density at radius 2 is 2.00 bits per heavy atom. The number of para-hydroxylation sites is 1. The van der Waals surface area contributed by atoms with E-state index in [9.17, 15) is 5.26 Å². The molecule has 4 nitrogen and oxygen atoms in total. The highest BCUT2D eigenvalue weighted by atomic mass is 15.1. The van der Waals surface area contributed by atoms with Crippen molar-refractivity contribution in [3.63, 3.8) is 0 Å². The Morgan fingerprint density at radius 3 is 2.79 bits per heavy atom. The van der Waals surface area contributed by atoms with Crippen LogP contribution < -0.4 is 10.2 Å². The van der Waals surface area contributed by atoms with Crippen molar-refractivity contribution in [2.45, 2.75) is 32.1 Å². The Balaban J connectivity index is 1.56. The third-order valence-corrected chi connectivity index (χ3v) is 4.58. The number of aryl methyl sites for hydroxylation is 2. The second-order valence-corrected chi connectivity index (χ2v) is 6.35. The average Bonchev–Trinajstić information content (AvgIpc) is 2.65. The molecule has 24 heavy (non-hydrogen) atoms. The molecule has 0 aliphatic heterocycles. The molecular formula is C20H24N4. The van der Waals surface area contributed by atoms with Crippen LogP contribution in [0, 0.1) is 11.3 Å². The van der Waals surface area contributed by atoms with Crippen LogP contribution in [0.5, 0.6) is 0 Å². The summed E-state index contributed by atoms with van der Waals surface area (Å²) >= 11 is 0. The van der Waals surface area contributed by atoms with E-state index in [-0.39, 0.29) is 0 Å². The van der Waals surface area contributed by atoms with Gasteiger partial charge in [0.25, 0.3) is 0 Å². The van der Waals surface area contributed by atoms with Crippen LogP contribution in [0.1, 0.15) is 36.1 Å². The van der Waals surface area contributed by atoms with Gasteiger partial charge in [-0.3, -0.25) is 0 Å². The molecule has 0 amide bonds. The van der Waals surface area contributed by atoms with Crippen molar-refractivity contribution >= 4 is 11.5 Å². The molecule has 1 aromatic heterocycles. The van der Waals surface area contributed by atoms with Gasteiger partial charge in [0.15, 0.2) is 0 Å². The predicted molar refractivity (Wildman–Crippen MR) is 98.4 cm³/mol. The van der Waals surface area contributed by atoms with Gasteiger partial charge in [-0.05, 0) is 55.9 Å². The van der Waals surface area contributed by atoms with E-state index in [1.807, 2.05) is 12.1 Å². The highest BCUT2D eigenvalue weighted by Crippen LogP contribution is 2.24. The monoisotopic (exact) mass is 320 g/mol. The standard InChI is InChI=1S/C20H24N4/c1-24(18-9-3-2-4-10-18)13-7-12-22-20-17(15-21)14-16-8-5-6-11-19(16)23-20/h2-4,9-10,14H,5-8,11-13H2,1H3,(H,22,23). The number of pyridine rings is 1. The fraction of sp³-hybridized carbons (Fsp3) is 0.400. The number of hydrogen-bond acceptors (Lipinski definition) is 4. The van der Waals surface area contributed by atoms with Crippen LogP contribution in [0.4, 0.5) is 11.5 Å². The third kappa shape index (κ3) is 3.86. The molecule has 0 spiro atoms. The summed E-state index contributed by atoms with van der Waals surface area (Å²) in [5.41, 5.74) is 4.32. The second-order valence-electron chi connectivity index (χ2n) is 6.35. The summed E-state index contributed by atoms with van der Waals surface area (Å²) in [5, 5.41) is 12.7. The number of rotatable bonds is 6. The molecule has 3 rings (SSSR count). The van der Waals surface area contributed by atoms with Gasteiger partial charge in [0, 0.05) is 31.5 Å². The summed E-state index contributed by atoms with van der Waals surface area (Å²) < 4.78 is 0. The number of hydrogen-bond donors (Lipinski definition) is 1. The Kier molecular flexibility index (Phi) is 5.32. The van der Waals surface area contributed by atoms with Crippen LogP contribution in [0.25, 0.3) is 0 Å². The average molecular weight is 320 g/mol. The zero-order chi connectivity index (χ0) is 16.8. The summed E-state index contributed by atoms with van der Waals surface area (Å²) in [6, 6.07) is 14.7. The summed E-state index contributed by atoms with van der Waals surface area (Å²) in [6.45, 7) is 1.78. The summed E-state index contributed by atoms with van der Waals surface area (Å²) in [6.07, 6.45) is 5.49. The van der Waals surface area contributed by atoms with Crippen LogP contribution in [-0.2, 0) is 12.8 Å². The van der Waals surface area contributed by atoms with Gasteiger partial charge >= 0.3 is 0 Å². The van der Waals surface area contributed by atoms with Gasteiger partial charge in [-0.15, -0.1) is 0 Å². The zero-order valence-corrected chi connectivity index (χ0v) is 14.3. The smallest absolute Gasteiger partial charge is 0.144 e. The molecular weight excluding hydrogens is 296 g/mol. The van der Waals surface area contributed by atoms with Crippen LogP contribution in [-0.4, -0.2) is 25.1 Å². The van der Waals surface area contributed by atoms with Crippen LogP contribution in [0.3, 0.4) is 0 Å². The summed E-state index contributed by atoms with van der Waals surface area (Å²) in [7, 11) is 2.10.